The van der Waals surface area contributed by atoms with Gasteiger partial charge >= 0.3 is 0 Å². The molecule has 9 heteroatoms. The molecule has 1 aliphatic rings. The van der Waals surface area contributed by atoms with Crippen molar-refractivity contribution in [2.45, 2.75) is 49.6 Å². The summed E-state index contributed by atoms with van der Waals surface area (Å²) in [6, 6.07) is 10.1. The van der Waals surface area contributed by atoms with E-state index in [1.807, 2.05) is 16.9 Å². The van der Waals surface area contributed by atoms with E-state index < -0.39 is 29.4 Å². The second-order valence-electron chi connectivity index (χ2n) is 8.00. The predicted octanol–water partition coefficient (Wildman–Crippen LogP) is 4.45. The molecule has 32 heavy (non-hydrogen) atoms. The number of benzene rings is 1. The van der Waals surface area contributed by atoms with Crippen molar-refractivity contribution in [1.29, 1.82) is 5.26 Å². The first-order valence-electron chi connectivity index (χ1n) is 10.6. The quantitative estimate of drug-likeness (QED) is 0.540. The molecule has 168 valence electrons. The molecule has 0 spiro atoms. The van der Waals surface area contributed by atoms with Crippen LogP contribution in [-0.4, -0.2) is 37.4 Å². The van der Waals surface area contributed by atoms with Crippen LogP contribution in [0.5, 0.6) is 0 Å². The van der Waals surface area contributed by atoms with Gasteiger partial charge in [0.25, 0.3) is 0 Å². The van der Waals surface area contributed by atoms with E-state index in [9.17, 15) is 22.5 Å². The van der Waals surface area contributed by atoms with Crippen LogP contribution in [-0.2, 0) is 16.4 Å². The molecular weight excluding hydrogens is 434 g/mol. The van der Waals surface area contributed by atoms with Crippen LogP contribution < -0.4 is 4.72 Å². The Bertz CT molecular complexity index is 1270. The van der Waals surface area contributed by atoms with E-state index in [2.05, 4.69) is 28.6 Å². The van der Waals surface area contributed by atoms with Crippen molar-refractivity contribution in [3.63, 3.8) is 0 Å². The summed E-state index contributed by atoms with van der Waals surface area (Å²) in [5.74, 6) is 0. The molecule has 2 aromatic heterocycles. The van der Waals surface area contributed by atoms with Gasteiger partial charge in [-0.25, -0.2) is 21.9 Å². The molecule has 1 N–H and O–H groups in total. The zero-order valence-electron chi connectivity index (χ0n) is 17.7. The fourth-order valence-corrected chi connectivity index (χ4v) is 5.18. The maximum Gasteiger partial charge on any atom is 0.242 e. The number of aromatic nitrogens is 2. The summed E-state index contributed by atoms with van der Waals surface area (Å²) < 4.78 is 54.6. The molecule has 6 nitrogen and oxygen atoms in total. The second kappa shape index (κ2) is 8.96. The van der Waals surface area contributed by atoms with Crippen molar-refractivity contribution in [1.82, 2.24) is 14.3 Å². The normalized spacial score (nSPS) is 14.6. The zero-order valence-corrected chi connectivity index (χ0v) is 18.5. The summed E-state index contributed by atoms with van der Waals surface area (Å²) >= 11 is 0. The number of aryl methyl sites for hydroxylation is 1. The van der Waals surface area contributed by atoms with Crippen molar-refractivity contribution in [2.75, 3.05) is 13.3 Å². The van der Waals surface area contributed by atoms with Gasteiger partial charge in [-0.2, -0.15) is 5.26 Å². The number of nitrogens with zero attached hydrogens (tertiary/aromatic N) is 3. The summed E-state index contributed by atoms with van der Waals surface area (Å²) in [5, 5.41) is 10.8. The Labute approximate surface area is 185 Å². The number of hydrogen-bond acceptors (Lipinski definition) is 4. The molecule has 1 fully saturated rings. The summed E-state index contributed by atoms with van der Waals surface area (Å²) in [6.07, 6.45) is 5.15. The summed E-state index contributed by atoms with van der Waals surface area (Å²) in [6.45, 7) is -0.211. The minimum atomic E-state index is -4.12. The van der Waals surface area contributed by atoms with Gasteiger partial charge < -0.3 is 4.57 Å². The number of nitrogens with one attached hydrogen (secondary N) is 1. The number of nitriles is 1. The van der Waals surface area contributed by atoms with Crippen LogP contribution in [0.3, 0.4) is 0 Å². The van der Waals surface area contributed by atoms with Gasteiger partial charge in [0, 0.05) is 17.6 Å². The maximum absolute atomic E-state index is 12.8. The van der Waals surface area contributed by atoms with Crippen LogP contribution in [0.15, 0.2) is 41.4 Å². The van der Waals surface area contributed by atoms with Crippen molar-refractivity contribution in [3.05, 3.63) is 47.7 Å². The minimum absolute atomic E-state index is 0.189. The first kappa shape index (κ1) is 22.4. The third kappa shape index (κ3) is 3.89. The van der Waals surface area contributed by atoms with Crippen LogP contribution in [0.2, 0.25) is 0 Å². The average molecular weight is 459 g/mol. The first-order chi connectivity index (χ1) is 15.4. The van der Waals surface area contributed by atoms with E-state index in [4.69, 9.17) is 0 Å². The highest BCUT2D eigenvalue weighted by molar-refractivity contribution is 7.89. The van der Waals surface area contributed by atoms with Crippen LogP contribution >= 0.6 is 0 Å². The zero-order chi connectivity index (χ0) is 22.9. The number of rotatable bonds is 8. The van der Waals surface area contributed by atoms with Crippen molar-refractivity contribution in [2.24, 2.45) is 0 Å². The molecule has 2 heterocycles. The molecular formula is C23H24F2N4O2S. The fourth-order valence-electron chi connectivity index (χ4n) is 4.04. The fraction of sp³-hybridized carbons (Fsp3) is 0.391. The molecule has 0 unspecified atom stereocenters. The molecule has 1 saturated carbocycles. The van der Waals surface area contributed by atoms with Gasteiger partial charge in [-0.3, -0.25) is 4.98 Å². The lowest BCUT2D eigenvalue weighted by Crippen LogP contribution is -2.37. The Morgan fingerprint density at radius 1 is 1.25 bits per heavy atom. The van der Waals surface area contributed by atoms with Gasteiger partial charge in [0.05, 0.1) is 28.5 Å². The van der Waals surface area contributed by atoms with Crippen molar-refractivity contribution in [3.8, 4) is 17.5 Å². The third-order valence-electron chi connectivity index (χ3n) is 6.01. The second-order valence-corrected chi connectivity index (χ2v) is 9.72. The highest BCUT2D eigenvalue weighted by Crippen LogP contribution is 2.42. The molecule has 1 aliphatic carbocycles. The van der Waals surface area contributed by atoms with Crippen LogP contribution in [0, 0.1) is 11.3 Å². The first-order valence-corrected chi connectivity index (χ1v) is 12.1. The van der Waals surface area contributed by atoms with Crippen LogP contribution in [0.25, 0.3) is 22.3 Å². The van der Waals surface area contributed by atoms with Crippen molar-refractivity contribution >= 4 is 20.9 Å². The lowest BCUT2D eigenvalue weighted by Gasteiger charge is -2.30. The third-order valence-corrected chi connectivity index (χ3v) is 7.52. The number of sulfonamides is 1. The molecule has 1 aromatic carbocycles. The summed E-state index contributed by atoms with van der Waals surface area (Å²) in [4.78, 5) is 4.15. The Hall–Kier alpha value is -2.83. The van der Waals surface area contributed by atoms with Gasteiger partial charge in [-0.1, -0.05) is 19.1 Å². The Kier molecular flexibility index (Phi) is 6.26. The number of alkyl halides is 2. The average Bonchev–Trinajstić information content (AvgIpc) is 3.09. The molecule has 4 rings (SSSR count). The summed E-state index contributed by atoms with van der Waals surface area (Å²) in [5.41, 5.74) is 3.81. The number of halogens is 2. The van der Waals surface area contributed by atoms with Crippen LogP contribution in [0.4, 0.5) is 8.78 Å². The minimum Gasteiger partial charge on any atom is -0.335 e. The number of fused-ring (bicyclic) bond motifs is 1. The number of hydrogen-bond donors (Lipinski definition) is 1. The molecule has 0 atom stereocenters. The molecule has 0 amide bonds. The van der Waals surface area contributed by atoms with Gasteiger partial charge in [0.15, 0.2) is 0 Å². The highest BCUT2D eigenvalue weighted by Gasteiger charge is 2.29. The topological polar surface area (TPSA) is 87.8 Å². The summed E-state index contributed by atoms with van der Waals surface area (Å²) in [7, 11) is -4.12. The highest BCUT2D eigenvalue weighted by atomic mass is 32.2. The molecule has 0 radical (unpaired) electrons. The van der Waals surface area contributed by atoms with E-state index in [0.29, 0.717) is 17.0 Å². The molecule has 0 saturated heterocycles. The molecule has 0 aliphatic heterocycles. The van der Waals surface area contributed by atoms with Crippen LogP contribution in [0.1, 0.15) is 43.4 Å². The Morgan fingerprint density at radius 2 is 2.00 bits per heavy atom. The Balaban J connectivity index is 1.82. The SMILES string of the molecule is CCc1ccc2c(C#N)c(-c3ccc(S(=O)(=O)NC(CF)CF)cn3)n(C3CCC3)c2c1. The van der Waals surface area contributed by atoms with E-state index in [1.54, 1.807) is 6.07 Å². The smallest absolute Gasteiger partial charge is 0.242 e. The predicted molar refractivity (Wildman–Crippen MR) is 118 cm³/mol. The Morgan fingerprint density at radius 3 is 2.53 bits per heavy atom. The van der Waals surface area contributed by atoms with Gasteiger partial charge in [0.2, 0.25) is 10.0 Å². The van der Waals surface area contributed by atoms with Crippen molar-refractivity contribution < 1.29 is 17.2 Å². The number of pyridine rings is 1. The largest absolute Gasteiger partial charge is 0.335 e. The van der Waals surface area contributed by atoms with E-state index >= 15 is 0 Å². The maximum atomic E-state index is 12.8. The lowest BCUT2D eigenvalue weighted by molar-refractivity contribution is 0.324. The van der Waals surface area contributed by atoms with E-state index in [-0.39, 0.29) is 10.9 Å². The van der Waals surface area contributed by atoms with E-state index in [0.717, 1.165) is 42.8 Å². The van der Waals surface area contributed by atoms with E-state index in [1.165, 1.54) is 11.6 Å². The molecule has 3 aromatic rings. The van der Waals surface area contributed by atoms with Gasteiger partial charge in [-0.15, -0.1) is 0 Å². The molecule has 0 bridgehead atoms. The monoisotopic (exact) mass is 458 g/mol. The van der Waals surface area contributed by atoms with Gasteiger partial charge in [-0.05, 0) is 49.4 Å². The lowest BCUT2D eigenvalue weighted by atomic mass is 9.92. The van der Waals surface area contributed by atoms with Gasteiger partial charge in [0.1, 0.15) is 24.3 Å². The standard InChI is InChI=1S/C23H24F2N4O2S/c1-2-15-6-8-19-20(13-26)23(29(22(19)10-15)17-4-3-5-17)21-9-7-18(14-27-21)32(30,31)28-16(11-24)12-25/h6-10,14,16-17,28H,2-5,11-12H2,1H3.